The summed E-state index contributed by atoms with van der Waals surface area (Å²) in [6.07, 6.45) is 1.85. The third-order valence-electron chi connectivity index (χ3n) is 4.39. The molecule has 1 aliphatic rings. The van der Waals surface area contributed by atoms with E-state index in [-0.39, 0.29) is 11.8 Å². The highest BCUT2D eigenvalue weighted by atomic mass is 16.2. The number of carbonyl (C=O) groups excluding carboxylic acids is 2. The minimum Gasteiger partial charge on any atom is -0.361 e. The van der Waals surface area contributed by atoms with Crippen LogP contribution in [0, 0.1) is 0 Å². The van der Waals surface area contributed by atoms with Crippen molar-refractivity contribution in [3.05, 3.63) is 71.9 Å². The fourth-order valence-electron chi connectivity index (χ4n) is 3.20. The van der Waals surface area contributed by atoms with E-state index in [0.717, 1.165) is 16.5 Å². The van der Waals surface area contributed by atoms with Gasteiger partial charge in [0.05, 0.1) is 0 Å². The summed E-state index contributed by atoms with van der Waals surface area (Å²) in [7, 11) is 0. The van der Waals surface area contributed by atoms with Gasteiger partial charge in [0, 0.05) is 30.4 Å². The number of aromatic nitrogens is 1. The Labute approximate surface area is 139 Å². The molecule has 0 spiro atoms. The molecule has 2 aromatic carbocycles. The Kier molecular flexibility index (Phi) is 3.54. The van der Waals surface area contributed by atoms with Gasteiger partial charge in [-0.3, -0.25) is 9.59 Å². The highest BCUT2D eigenvalue weighted by molar-refractivity contribution is 6.01. The van der Waals surface area contributed by atoms with Crippen LogP contribution in [0.3, 0.4) is 0 Å². The van der Waals surface area contributed by atoms with E-state index in [0.29, 0.717) is 18.7 Å². The number of amides is 2. The number of hydrogen-bond donors (Lipinski definition) is 2. The zero-order valence-electron chi connectivity index (χ0n) is 13.0. The minimum absolute atomic E-state index is 0.129. The molecule has 0 radical (unpaired) electrons. The lowest BCUT2D eigenvalue weighted by Crippen LogP contribution is -2.52. The van der Waals surface area contributed by atoms with Crippen molar-refractivity contribution in [1.29, 1.82) is 0 Å². The van der Waals surface area contributed by atoms with Crippen LogP contribution >= 0.6 is 0 Å². The van der Waals surface area contributed by atoms with E-state index in [1.54, 1.807) is 4.90 Å². The highest BCUT2D eigenvalue weighted by Crippen LogP contribution is 2.26. The summed E-state index contributed by atoms with van der Waals surface area (Å²) < 4.78 is 0. The normalized spacial score (nSPS) is 17.8. The predicted octanol–water partition coefficient (Wildman–Crippen LogP) is 2.48. The van der Waals surface area contributed by atoms with Crippen molar-refractivity contribution in [2.24, 2.45) is 0 Å². The fourth-order valence-corrected chi connectivity index (χ4v) is 3.20. The average molecular weight is 319 g/mol. The number of benzene rings is 2. The summed E-state index contributed by atoms with van der Waals surface area (Å²) in [5.74, 6) is -0.267. The molecule has 120 valence electrons. The summed E-state index contributed by atoms with van der Waals surface area (Å²) in [5, 5.41) is 3.91. The van der Waals surface area contributed by atoms with Gasteiger partial charge in [-0.1, -0.05) is 36.4 Å². The Bertz CT molecular complexity index is 901. The Morgan fingerprint density at radius 1 is 1.08 bits per heavy atom. The van der Waals surface area contributed by atoms with Crippen LogP contribution < -0.4 is 5.32 Å². The fraction of sp³-hybridized carbons (Fsp3) is 0.158. The van der Waals surface area contributed by atoms with Crippen molar-refractivity contribution in [2.45, 2.75) is 6.04 Å². The first-order valence-corrected chi connectivity index (χ1v) is 7.95. The lowest BCUT2D eigenvalue weighted by Gasteiger charge is -2.35. The van der Waals surface area contributed by atoms with Gasteiger partial charge in [-0.05, 0) is 29.1 Å². The maximum atomic E-state index is 13.0. The van der Waals surface area contributed by atoms with Crippen molar-refractivity contribution in [3.63, 3.8) is 0 Å². The van der Waals surface area contributed by atoms with Gasteiger partial charge in [-0.25, -0.2) is 0 Å². The molecule has 24 heavy (non-hydrogen) atoms. The topological polar surface area (TPSA) is 65.2 Å². The molecule has 2 amide bonds. The van der Waals surface area contributed by atoms with Gasteiger partial charge < -0.3 is 15.2 Å². The first-order chi connectivity index (χ1) is 11.7. The molecule has 0 aliphatic carbocycles. The molecule has 1 atom stereocenters. The summed E-state index contributed by atoms with van der Waals surface area (Å²) in [4.78, 5) is 30.2. The molecule has 0 saturated carbocycles. The predicted molar refractivity (Wildman–Crippen MR) is 91.5 cm³/mol. The molecule has 2 N–H and O–H groups in total. The second-order valence-corrected chi connectivity index (χ2v) is 5.88. The molecular formula is C19H17N3O2. The van der Waals surface area contributed by atoms with E-state index in [9.17, 15) is 9.59 Å². The van der Waals surface area contributed by atoms with Crippen LogP contribution in [0.1, 0.15) is 22.0 Å². The number of nitrogens with zero attached hydrogens (tertiary/aromatic N) is 1. The van der Waals surface area contributed by atoms with E-state index < -0.39 is 6.04 Å². The zero-order chi connectivity index (χ0) is 16.5. The largest absolute Gasteiger partial charge is 0.361 e. The number of hydrogen-bond acceptors (Lipinski definition) is 2. The highest BCUT2D eigenvalue weighted by Gasteiger charge is 2.34. The van der Waals surface area contributed by atoms with Gasteiger partial charge in [0.2, 0.25) is 5.91 Å². The standard InChI is InChI=1S/C19H17N3O2/c23-18-17(14-4-2-1-3-5-14)22(11-10-21-18)19(24)15-7-6-13-8-9-20-16(13)12-15/h1-9,12,17,20H,10-11H2,(H,21,23). The van der Waals surface area contributed by atoms with Crippen molar-refractivity contribution < 1.29 is 9.59 Å². The van der Waals surface area contributed by atoms with E-state index >= 15 is 0 Å². The summed E-state index contributed by atoms with van der Waals surface area (Å²) in [6, 6.07) is 16.4. The quantitative estimate of drug-likeness (QED) is 0.762. The molecule has 0 bridgehead atoms. The molecule has 1 aliphatic heterocycles. The molecule has 5 heteroatoms. The second-order valence-electron chi connectivity index (χ2n) is 5.88. The number of H-pyrrole nitrogens is 1. The molecular weight excluding hydrogens is 302 g/mol. The third-order valence-corrected chi connectivity index (χ3v) is 4.39. The number of piperazine rings is 1. The number of fused-ring (bicyclic) bond motifs is 1. The maximum Gasteiger partial charge on any atom is 0.254 e. The SMILES string of the molecule is O=C1NCCN(C(=O)c2ccc3cc[nH]c3c2)C1c1ccccc1. The van der Waals surface area contributed by atoms with Gasteiger partial charge in [0.25, 0.3) is 5.91 Å². The molecule has 5 nitrogen and oxygen atoms in total. The van der Waals surface area contributed by atoms with Crippen molar-refractivity contribution in [3.8, 4) is 0 Å². The van der Waals surface area contributed by atoms with Crippen LogP contribution in [0.4, 0.5) is 0 Å². The van der Waals surface area contributed by atoms with Crippen molar-refractivity contribution in [1.82, 2.24) is 15.2 Å². The van der Waals surface area contributed by atoms with Crippen LogP contribution in [0.25, 0.3) is 10.9 Å². The second kappa shape index (κ2) is 5.85. The summed E-state index contributed by atoms with van der Waals surface area (Å²) >= 11 is 0. The Morgan fingerprint density at radius 3 is 2.75 bits per heavy atom. The molecule has 4 rings (SSSR count). The average Bonchev–Trinajstić information content (AvgIpc) is 3.09. The van der Waals surface area contributed by atoms with Crippen LogP contribution in [-0.2, 0) is 4.79 Å². The maximum absolute atomic E-state index is 13.0. The number of nitrogens with one attached hydrogen (secondary N) is 2. The first kappa shape index (κ1) is 14.5. The van der Waals surface area contributed by atoms with Crippen LogP contribution in [0.5, 0.6) is 0 Å². The van der Waals surface area contributed by atoms with Crippen molar-refractivity contribution >= 4 is 22.7 Å². The van der Waals surface area contributed by atoms with Gasteiger partial charge in [-0.15, -0.1) is 0 Å². The van der Waals surface area contributed by atoms with E-state index in [1.165, 1.54) is 0 Å². The number of aromatic amines is 1. The molecule has 1 unspecified atom stereocenters. The number of carbonyl (C=O) groups is 2. The monoisotopic (exact) mass is 319 g/mol. The van der Waals surface area contributed by atoms with Crippen LogP contribution in [0.15, 0.2) is 60.8 Å². The number of rotatable bonds is 2. The van der Waals surface area contributed by atoms with E-state index in [2.05, 4.69) is 10.3 Å². The Morgan fingerprint density at radius 2 is 1.92 bits per heavy atom. The van der Waals surface area contributed by atoms with Gasteiger partial charge in [0.15, 0.2) is 0 Å². The zero-order valence-corrected chi connectivity index (χ0v) is 13.0. The minimum atomic E-state index is -0.591. The lowest BCUT2D eigenvalue weighted by atomic mass is 10.0. The lowest BCUT2D eigenvalue weighted by molar-refractivity contribution is -0.128. The Balaban J connectivity index is 1.71. The van der Waals surface area contributed by atoms with E-state index in [1.807, 2.05) is 60.8 Å². The molecule has 1 saturated heterocycles. The smallest absolute Gasteiger partial charge is 0.254 e. The van der Waals surface area contributed by atoms with Gasteiger partial charge >= 0.3 is 0 Å². The Hall–Kier alpha value is -3.08. The molecule has 3 aromatic rings. The van der Waals surface area contributed by atoms with Crippen LogP contribution in [-0.4, -0.2) is 34.8 Å². The molecule has 2 heterocycles. The van der Waals surface area contributed by atoms with E-state index in [4.69, 9.17) is 0 Å². The van der Waals surface area contributed by atoms with Gasteiger partial charge in [0.1, 0.15) is 6.04 Å². The van der Waals surface area contributed by atoms with Crippen molar-refractivity contribution in [2.75, 3.05) is 13.1 Å². The molecule has 1 aromatic heterocycles. The summed E-state index contributed by atoms with van der Waals surface area (Å²) in [6.45, 7) is 0.964. The van der Waals surface area contributed by atoms with Crippen LogP contribution in [0.2, 0.25) is 0 Å². The first-order valence-electron chi connectivity index (χ1n) is 7.95. The molecule has 1 fully saturated rings. The van der Waals surface area contributed by atoms with Gasteiger partial charge in [-0.2, -0.15) is 0 Å². The summed E-state index contributed by atoms with van der Waals surface area (Å²) in [5.41, 5.74) is 2.32. The third kappa shape index (κ3) is 2.44.